The highest BCUT2D eigenvalue weighted by atomic mass is 19.4. The molecular formula is C18H21F3O2. The maximum Gasteiger partial charge on any atom is 0.416 e. The first-order chi connectivity index (χ1) is 10.9. The molecule has 2 rings (SSSR count). The molecular weight excluding hydrogens is 305 g/mol. The van der Waals surface area contributed by atoms with Gasteiger partial charge in [0, 0.05) is 5.57 Å². The first-order valence-electron chi connectivity index (χ1n) is 8.00. The summed E-state index contributed by atoms with van der Waals surface area (Å²) in [5.41, 5.74) is 1.46. The van der Waals surface area contributed by atoms with E-state index in [0.717, 1.165) is 43.4 Å². The van der Waals surface area contributed by atoms with Crippen molar-refractivity contribution in [2.75, 3.05) is 6.61 Å². The zero-order valence-electron chi connectivity index (χ0n) is 13.2. The van der Waals surface area contributed by atoms with Crippen LogP contribution in [0.2, 0.25) is 0 Å². The second-order valence-electron chi connectivity index (χ2n) is 5.67. The lowest BCUT2D eigenvalue weighted by Crippen LogP contribution is -2.12. The Balaban J connectivity index is 2.39. The third-order valence-electron chi connectivity index (χ3n) is 4.05. The minimum absolute atomic E-state index is 0.294. The van der Waals surface area contributed by atoms with Crippen LogP contribution in [0.4, 0.5) is 13.2 Å². The Kier molecular flexibility index (Phi) is 5.85. The highest BCUT2D eigenvalue weighted by molar-refractivity contribution is 5.97. The van der Waals surface area contributed by atoms with E-state index in [1.807, 2.05) is 0 Å². The maximum atomic E-state index is 12.7. The molecule has 0 unspecified atom stereocenters. The van der Waals surface area contributed by atoms with E-state index < -0.39 is 11.7 Å². The summed E-state index contributed by atoms with van der Waals surface area (Å²) in [6, 6.07) is 5.06. The Labute approximate surface area is 134 Å². The zero-order chi connectivity index (χ0) is 16.9. The van der Waals surface area contributed by atoms with Gasteiger partial charge in [-0.15, -0.1) is 0 Å². The van der Waals surface area contributed by atoms with Crippen molar-refractivity contribution in [3.63, 3.8) is 0 Å². The van der Waals surface area contributed by atoms with E-state index in [1.54, 1.807) is 6.92 Å². The van der Waals surface area contributed by atoms with Crippen LogP contribution in [0, 0.1) is 0 Å². The highest BCUT2D eigenvalue weighted by Gasteiger charge is 2.30. The second-order valence-corrected chi connectivity index (χ2v) is 5.67. The molecule has 1 aliphatic rings. The number of rotatable bonds is 3. The third kappa shape index (κ3) is 4.60. The van der Waals surface area contributed by atoms with Crippen molar-refractivity contribution < 1.29 is 22.7 Å². The van der Waals surface area contributed by atoms with E-state index in [4.69, 9.17) is 4.74 Å². The Bertz CT molecular complexity index is 571. The number of ether oxygens (including phenoxy) is 1. The number of hydrogen-bond acceptors (Lipinski definition) is 2. The number of benzene rings is 1. The van der Waals surface area contributed by atoms with Crippen molar-refractivity contribution in [3.05, 3.63) is 41.0 Å². The molecule has 2 nitrogen and oxygen atoms in total. The molecule has 0 heterocycles. The lowest BCUT2D eigenvalue weighted by atomic mass is 9.89. The van der Waals surface area contributed by atoms with Gasteiger partial charge in [0.15, 0.2) is 0 Å². The summed E-state index contributed by atoms with van der Waals surface area (Å²) in [6.07, 6.45) is 0.924. The minimum atomic E-state index is -4.35. The molecule has 1 aromatic rings. The Morgan fingerprint density at radius 3 is 2.22 bits per heavy atom. The van der Waals surface area contributed by atoms with E-state index in [0.29, 0.717) is 30.6 Å². The monoisotopic (exact) mass is 326 g/mol. The predicted octanol–water partition coefficient (Wildman–Crippen LogP) is 5.38. The normalized spacial score (nSPS) is 16.7. The van der Waals surface area contributed by atoms with Gasteiger partial charge in [-0.25, -0.2) is 4.79 Å². The Morgan fingerprint density at radius 1 is 1.04 bits per heavy atom. The lowest BCUT2D eigenvalue weighted by Gasteiger charge is -2.18. The summed E-state index contributed by atoms with van der Waals surface area (Å²) in [4.78, 5) is 12.2. The molecule has 1 aliphatic carbocycles. The molecule has 0 aromatic heterocycles. The number of allylic oxidation sites excluding steroid dienone is 1. The van der Waals surface area contributed by atoms with Crippen molar-refractivity contribution in [2.45, 2.75) is 51.6 Å². The van der Waals surface area contributed by atoms with E-state index in [-0.39, 0.29) is 5.97 Å². The smallest absolute Gasteiger partial charge is 0.416 e. The molecule has 126 valence electrons. The van der Waals surface area contributed by atoms with Crippen molar-refractivity contribution in [1.29, 1.82) is 0 Å². The fourth-order valence-electron chi connectivity index (χ4n) is 2.88. The molecule has 0 bridgehead atoms. The van der Waals surface area contributed by atoms with Gasteiger partial charge < -0.3 is 4.74 Å². The Hall–Kier alpha value is -1.78. The fraction of sp³-hybridized carbons (Fsp3) is 0.500. The quantitative estimate of drug-likeness (QED) is 0.697. The van der Waals surface area contributed by atoms with Gasteiger partial charge >= 0.3 is 12.1 Å². The number of carbonyl (C=O) groups is 1. The summed E-state index contributed by atoms with van der Waals surface area (Å²) in [5.74, 6) is -0.343. The van der Waals surface area contributed by atoms with Gasteiger partial charge in [-0.3, -0.25) is 0 Å². The van der Waals surface area contributed by atoms with Crippen molar-refractivity contribution >= 4 is 11.5 Å². The summed E-state index contributed by atoms with van der Waals surface area (Å²) in [7, 11) is 0. The predicted molar refractivity (Wildman–Crippen MR) is 82.7 cm³/mol. The van der Waals surface area contributed by atoms with Crippen LogP contribution in [0.15, 0.2) is 29.8 Å². The molecule has 23 heavy (non-hydrogen) atoms. The molecule has 0 radical (unpaired) electrons. The van der Waals surface area contributed by atoms with Gasteiger partial charge in [-0.05, 0) is 55.9 Å². The summed E-state index contributed by atoms with van der Waals surface area (Å²) in [5, 5.41) is 0. The van der Waals surface area contributed by atoms with E-state index in [1.165, 1.54) is 12.1 Å². The number of alkyl halides is 3. The number of esters is 1. The van der Waals surface area contributed by atoms with E-state index >= 15 is 0 Å². The van der Waals surface area contributed by atoms with Crippen LogP contribution in [0.1, 0.15) is 56.6 Å². The Morgan fingerprint density at radius 2 is 1.65 bits per heavy atom. The molecule has 0 saturated heterocycles. The van der Waals surface area contributed by atoms with Crippen molar-refractivity contribution in [1.82, 2.24) is 0 Å². The second kappa shape index (κ2) is 7.66. The van der Waals surface area contributed by atoms with Crippen LogP contribution < -0.4 is 0 Å². The number of halogens is 3. The molecule has 0 N–H and O–H groups in total. The van der Waals surface area contributed by atoms with E-state index in [2.05, 4.69) is 0 Å². The van der Waals surface area contributed by atoms with Crippen molar-refractivity contribution in [2.24, 2.45) is 0 Å². The third-order valence-corrected chi connectivity index (χ3v) is 4.05. The van der Waals surface area contributed by atoms with Crippen LogP contribution in [-0.2, 0) is 15.7 Å². The van der Waals surface area contributed by atoms with Crippen LogP contribution in [0.25, 0.3) is 5.57 Å². The zero-order valence-corrected chi connectivity index (χ0v) is 13.2. The van der Waals surface area contributed by atoms with Gasteiger partial charge in [0.1, 0.15) is 0 Å². The first-order valence-corrected chi connectivity index (χ1v) is 8.00. The van der Waals surface area contributed by atoms with Gasteiger partial charge in [0.2, 0.25) is 0 Å². The summed E-state index contributed by atoms with van der Waals surface area (Å²) < 4.78 is 43.2. The van der Waals surface area contributed by atoms with Gasteiger partial charge in [-0.1, -0.05) is 25.0 Å². The van der Waals surface area contributed by atoms with E-state index in [9.17, 15) is 18.0 Å². The van der Waals surface area contributed by atoms with Crippen LogP contribution in [0.5, 0.6) is 0 Å². The molecule has 0 atom stereocenters. The molecule has 0 saturated carbocycles. The molecule has 0 amide bonds. The number of hydrogen-bond donors (Lipinski definition) is 0. The van der Waals surface area contributed by atoms with Crippen molar-refractivity contribution in [3.8, 4) is 0 Å². The molecule has 0 aliphatic heterocycles. The van der Waals surface area contributed by atoms with Gasteiger partial charge in [0.05, 0.1) is 12.2 Å². The maximum absolute atomic E-state index is 12.7. The molecule has 0 fully saturated rings. The standard InChI is InChI=1S/C18H21F3O2/c1-2-23-17(22)16-8-6-4-3-5-7-15(16)13-9-11-14(12-10-13)18(19,20)21/h9-12H,2-8H2,1H3. The topological polar surface area (TPSA) is 26.3 Å². The largest absolute Gasteiger partial charge is 0.463 e. The molecule has 5 heteroatoms. The van der Waals surface area contributed by atoms with Crippen LogP contribution in [0.3, 0.4) is 0 Å². The molecule has 0 spiro atoms. The van der Waals surface area contributed by atoms with Crippen LogP contribution in [-0.4, -0.2) is 12.6 Å². The van der Waals surface area contributed by atoms with Crippen LogP contribution >= 0.6 is 0 Å². The van der Waals surface area contributed by atoms with Gasteiger partial charge in [-0.2, -0.15) is 13.2 Å². The molecule has 1 aromatic carbocycles. The summed E-state index contributed by atoms with van der Waals surface area (Å²) in [6.45, 7) is 2.04. The minimum Gasteiger partial charge on any atom is -0.463 e. The fourth-order valence-corrected chi connectivity index (χ4v) is 2.88. The average Bonchev–Trinajstić information content (AvgIpc) is 2.46. The lowest BCUT2D eigenvalue weighted by molar-refractivity contribution is -0.139. The van der Waals surface area contributed by atoms with Gasteiger partial charge in [0.25, 0.3) is 0 Å². The average molecular weight is 326 g/mol. The first kappa shape index (κ1) is 17.6. The summed E-state index contributed by atoms with van der Waals surface area (Å²) >= 11 is 0. The SMILES string of the molecule is CCOC(=O)C1=C(c2ccc(C(F)(F)F)cc2)CCCCCC1. The number of carbonyl (C=O) groups excluding carboxylic acids is 1. The highest BCUT2D eigenvalue weighted by Crippen LogP contribution is 2.34.